The molecule has 1 atom stereocenters. The van der Waals surface area contributed by atoms with Gasteiger partial charge in [-0.15, -0.1) is 0 Å². The summed E-state index contributed by atoms with van der Waals surface area (Å²) in [6.45, 7) is 3.13. The van der Waals surface area contributed by atoms with Crippen LogP contribution >= 0.6 is 15.9 Å². The number of carbonyl (C=O) groups is 1. The summed E-state index contributed by atoms with van der Waals surface area (Å²) in [6, 6.07) is 8.36. The van der Waals surface area contributed by atoms with E-state index in [9.17, 15) is 4.79 Å². The first-order chi connectivity index (χ1) is 10.1. The molecule has 0 radical (unpaired) electrons. The second-order valence-electron chi connectivity index (χ2n) is 5.72. The fourth-order valence-electron chi connectivity index (χ4n) is 2.72. The smallest absolute Gasteiger partial charge is 0.224 e. The van der Waals surface area contributed by atoms with Crippen molar-refractivity contribution >= 4 is 21.8 Å². The minimum atomic E-state index is 0.0988. The van der Waals surface area contributed by atoms with Crippen LogP contribution < -0.4 is 5.73 Å². The summed E-state index contributed by atoms with van der Waals surface area (Å²) in [5.41, 5.74) is 7.11. The maximum Gasteiger partial charge on any atom is 0.224 e. The molecule has 0 saturated carbocycles. The molecule has 1 heterocycles. The standard InChI is InChI=1S/C16H24BrN3O/c1-19(12-13-4-6-14(17)7-5-13)15(11-18)10-16(21)20-8-2-3-9-20/h4-7,15H,2-3,8-12,18H2,1H3. The van der Waals surface area contributed by atoms with Crippen molar-refractivity contribution in [2.45, 2.75) is 31.8 Å². The Morgan fingerprint density at radius 2 is 1.95 bits per heavy atom. The molecule has 2 N–H and O–H groups in total. The number of likely N-dealkylation sites (tertiary alicyclic amines) is 1. The van der Waals surface area contributed by atoms with Crippen LogP contribution in [-0.4, -0.2) is 48.4 Å². The number of likely N-dealkylation sites (N-methyl/N-ethyl adjacent to an activating group) is 1. The Morgan fingerprint density at radius 3 is 2.52 bits per heavy atom. The van der Waals surface area contributed by atoms with Gasteiger partial charge in [0.2, 0.25) is 5.91 Å². The molecule has 1 aromatic rings. The third-order valence-corrected chi connectivity index (χ3v) is 4.64. The predicted octanol–water partition coefficient (Wildman–Crippen LogP) is 2.22. The number of nitrogens with zero attached hydrogens (tertiary/aromatic N) is 2. The zero-order valence-electron chi connectivity index (χ0n) is 12.6. The van der Waals surface area contributed by atoms with Crippen molar-refractivity contribution in [2.24, 2.45) is 5.73 Å². The topological polar surface area (TPSA) is 49.6 Å². The Morgan fingerprint density at radius 1 is 1.33 bits per heavy atom. The predicted molar refractivity (Wildman–Crippen MR) is 88.9 cm³/mol. The van der Waals surface area contributed by atoms with Gasteiger partial charge < -0.3 is 10.6 Å². The second-order valence-corrected chi connectivity index (χ2v) is 6.64. The molecule has 0 spiro atoms. The van der Waals surface area contributed by atoms with Crippen molar-refractivity contribution in [1.29, 1.82) is 0 Å². The lowest BCUT2D eigenvalue weighted by atomic mass is 10.1. The molecule has 1 saturated heterocycles. The largest absolute Gasteiger partial charge is 0.343 e. The van der Waals surface area contributed by atoms with Gasteiger partial charge in [0.15, 0.2) is 0 Å². The van der Waals surface area contributed by atoms with Crippen molar-refractivity contribution in [3.05, 3.63) is 34.3 Å². The average molecular weight is 354 g/mol. The molecule has 1 unspecified atom stereocenters. The minimum absolute atomic E-state index is 0.0988. The number of hydrogen-bond acceptors (Lipinski definition) is 3. The first-order valence-electron chi connectivity index (χ1n) is 7.52. The SMILES string of the molecule is CN(Cc1ccc(Br)cc1)C(CN)CC(=O)N1CCCC1. The molecule has 0 aromatic heterocycles. The Balaban J connectivity index is 1.89. The number of amides is 1. The van der Waals surface area contributed by atoms with E-state index in [1.165, 1.54) is 5.56 Å². The van der Waals surface area contributed by atoms with Crippen LogP contribution in [0.25, 0.3) is 0 Å². The molecule has 0 aliphatic carbocycles. The van der Waals surface area contributed by atoms with Crippen LogP contribution in [0.15, 0.2) is 28.7 Å². The fourth-order valence-corrected chi connectivity index (χ4v) is 2.99. The molecule has 1 fully saturated rings. The van der Waals surface area contributed by atoms with Gasteiger partial charge in [-0.25, -0.2) is 0 Å². The van der Waals surface area contributed by atoms with Gasteiger partial charge in [-0.2, -0.15) is 0 Å². The highest BCUT2D eigenvalue weighted by Crippen LogP contribution is 2.15. The van der Waals surface area contributed by atoms with E-state index < -0.39 is 0 Å². The lowest BCUT2D eigenvalue weighted by molar-refractivity contribution is -0.131. The van der Waals surface area contributed by atoms with Crippen molar-refractivity contribution in [3.63, 3.8) is 0 Å². The van der Waals surface area contributed by atoms with Crippen molar-refractivity contribution in [1.82, 2.24) is 9.80 Å². The van der Waals surface area contributed by atoms with Crippen LogP contribution in [0.3, 0.4) is 0 Å². The highest BCUT2D eigenvalue weighted by atomic mass is 79.9. The summed E-state index contributed by atoms with van der Waals surface area (Å²) in [6.07, 6.45) is 2.78. The van der Waals surface area contributed by atoms with Gasteiger partial charge >= 0.3 is 0 Å². The number of nitrogens with two attached hydrogens (primary N) is 1. The summed E-state index contributed by atoms with van der Waals surface area (Å²) in [4.78, 5) is 16.4. The van der Waals surface area contributed by atoms with Crippen LogP contribution in [-0.2, 0) is 11.3 Å². The van der Waals surface area contributed by atoms with Crippen LogP contribution in [0.1, 0.15) is 24.8 Å². The first kappa shape index (κ1) is 16.5. The normalized spacial score (nSPS) is 16.5. The minimum Gasteiger partial charge on any atom is -0.343 e. The molecule has 21 heavy (non-hydrogen) atoms. The third kappa shape index (κ3) is 4.80. The zero-order valence-corrected chi connectivity index (χ0v) is 14.2. The molecule has 1 aliphatic heterocycles. The van der Waals surface area contributed by atoms with Crippen LogP contribution in [0, 0.1) is 0 Å². The van der Waals surface area contributed by atoms with E-state index in [4.69, 9.17) is 5.73 Å². The van der Waals surface area contributed by atoms with Crippen LogP contribution in [0.5, 0.6) is 0 Å². The Hall–Kier alpha value is -0.910. The summed E-state index contributed by atoms with van der Waals surface area (Å²) in [5, 5.41) is 0. The molecule has 2 rings (SSSR count). The Kier molecular flexibility index (Phi) is 6.21. The van der Waals surface area contributed by atoms with E-state index in [-0.39, 0.29) is 11.9 Å². The molecule has 1 aromatic carbocycles. The van der Waals surface area contributed by atoms with Gasteiger partial charge in [0.1, 0.15) is 0 Å². The van der Waals surface area contributed by atoms with Crippen molar-refractivity contribution < 1.29 is 4.79 Å². The molecule has 1 amide bonds. The maximum atomic E-state index is 12.3. The van der Waals surface area contributed by atoms with Gasteiger partial charge in [-0.3, -0.25) is 9.69 Å². The van der Waals surface area contributed by atoms with Crippen LogP contribution in [0.4, 0.5) is 0 Å². The summed E-state index contributed by atoms with van der Waals surface area (Å²) >= 11 is 3.44. The van der Waals surface area contributed by atoms with Gasteiger partial charge in [-0.1, -0.05) is 28.1 Å². The Labute approximate surface area is 135 Å². The van der Waals surface area contributed by atoms with Gasteiger partial charge in [0.25, 0.3) is 0 Å². The molecule has 0 bridgehead atoms. The Bertz CT molecular complexity index is 457. The van der Waals surface area contributed by atoms with E-state index in [0.29, 0.717) is 13.0 Å². The van der Waals surface area contributed by atoms with Crippen molar-refractivity contribution in [2.75, 3.05) is 26.7 Å². The lowest BCUT2D eigenvalue weighted by Crippen LogP contribution is -2.42. The van der Waals surface area contributed by atoms with E-state index in [1.807, 2.05) is 24.1 Å². The van der Waals surface area contributed by atoms with Gasteiger partial charge in [0.05, 0.1) is 0 Å². The quantitative estimate of drug-likeness (QED) is 0.852. The highest BCUT2D eigenvalue weighted by Gasteiger charge is 2.23. The summed E-state index contributed by atoms with van der Waals surface area (Å²) in [5.74, 6) is 0.241. The lowest BCUT2D eigenvalue weighted by Gasteiger charge is -2.28. The molecule has 116 valence electrons. The number of rotatable bonds is 6. The highest BCUT2D eigenvalue weighted by molar-refractivity contribution is 9.10. The average Bonchev–Trinajstić information content (AvgIpc) is 3.01. The first-order valence-corrected chi connectivity index (χ1v) is 8.32. The van der Waals surface area contributed by atoms with E-state index >= 15 is 0 Å². The zero-order chi connectivity index (χ0) is 15.2. The number of carbonyl (C=O) groups excluding carboxylic acids is 1. The van der Waals surface area contributed by atoms with Gasteiger partial charge in [0, 0.05) is 43.1 Å². The number of hydrogen-bond donors (Lipinski definition) is 1. The van der Waals surface area contributed by atoms with Crippen molar-refractivity contribution in [3.8, 4) is 0 Å². The third-order valence-electron chi connectivity index (χ3n) is 4.11. The van der Waals surface area contributed by atoms with Crippen LogP contribution in [0.2, 0.25) is 0 Å². The number of benzene rings is 1. The van der Waals surface area contributed by atoms with E-state index in [0.717, 1.165) is 36.9 Å². The monoisotopic (exact) mass is 353 g/mol. The maximum absolute atomic E-state index is 12.3. The second kappa shape index (κ2) is 7.92. The van der Waals surface area contributed by atoms with Gasteiger partial charge in [-0.05, 0) is 37.6 Å². The molecular weight excluding hydrogens is 330 g/mol. The molecule has 4 nitrogen and oxygen atoms in total. The molecular formula is C16H24BrN3O. The van der Waals surface area contributed by atoms with E-state index in [1.54, 1.807) is 0 Å². The molecule has 1 aliphatic rings. The van der Waals surface area contributed by atoms with E-state index in [2.05, 4.69) is 33.0 Å². The fraction of sp³-hybridized carbons (Fsp3) is 0.562. The molecule has 5 heteroatoms. The summed E-state index contributed by atoms with van der Waals surface area (Å²) < 4.78 is 1.08. The summed E-state index contributed by atoms with van der Waals surface area (Å²) in [7, 11) is 2.04. The number of halogens is 1.